The van der Waals surface area contributed by atoms with Crippen molar-refractivity contribution in [3.63, 3.8) is 0 Å². The lowest BCUT2D eigenvalue weighted by Gasteiger charge is -2.19. The summed E-state index contributed by atoms with van der Waals surface area (Å²) in [5.41, 5.74) is 0. The fourth-order valence-corrected chi connectivity index (χ4v) is 1.51. The molecule has 1 N–H and O–H groups in total. The molecule has 0 saturated heterocycles. The first-order chi connectivity index (χ1) is 7.99. The van der Waals surface area contributed by atoms with Crippen LogP contribution in [0.3, 0.4) is 0 Å². The molecule has 1 atom stereocenters. The summed E-state index contributed by atoms with van der Waals surface area (Å²) in [5, 5.41) is 3.14. The van der Waals surface area contributed by atoms with Crippen LogP contribution in [0.1, 0.15) is 46.0 Å². The molecule has 0 bridgehead atoms. The Morgan fingerprint density at radius 3 is 2.29 bits per heavy atom. The summed E-state index contributed by atoms with van der Waals surface area (Å²) in [6.07, 6.45) is -2.12. The molecule has 17 heavy (non-hydrogen) atoms. The highest BCUT2D eigenvalue weighted by molar-refractivity contribution is 4.68. The zero-order valence-corrected chi connectivity index (χ0v) is 10.8. The Bertz CT molecular complexity index is 174. The molecule has 104 valence electrons. The van der Waals surface area contributed by atoms with Gasteiger partial charge in [-0.15, -0.1) is 0 Å². The summed E-state index contributed by atoms with van der Waals surface area (Å²) in [4.78, 5) is 0. The third-order valence-corrected chi connectivity index (χ3v) is 2.42. The van der Waals surface area contributed by atoms with E-state index in [1.54, 1.807) is 0 Å². The summed E-state index contributed by atoms with van der Waals surface area (Å²) in [5.74, 6) is 0. The number of hydrogen-bond acceptors (Lipinski definition) is 2. The highest BCUT2D eigenvalue weighted by Gasteiger charge is 2.28. The van der Waals surface area contributed by atoms with Gasteiger partial charge in [-0.1, -0.05) is 13.8 Å². The maximum atomic E-state index is 12.1. The van der Waals surface area contributed by atoms with Crippen LogP contribution in [0.5, 0.6) is 0 Å². The highest BCUT2D eigenvalue weighted by atomic mass is 19.4. The van der Waals surface area contributed by atoms with Gasteiger partial charge in [-0.25, -0.2) is 0 Å². The second kappa shape index (κ2) is 9.71. The Kier molecular flexibility index (Phi) is 9.55. The van der Waals surface area contributed by atoms with Crippen molar-refractivity contribution in [3.05, 3.63) is 0 Å². The van der Waals surface area contributed by atoms with Crippen LogP contribution in [0.4, 0.5) is 13.2 Å². The third kappa shape index (κ3) is 12.0. The largest absolute Gasteiger partial charge is 0.389 e. The fourth-order valence-electron chi connectivity index (χ4n) is 1.51. The van der Waals surface area contributed by atoms with Crippen LogP contribution in [0.15, 0.2) is 0 Å². The Hall–Kier alpha value is -0.290. The summed E-state index contributed by atoms with van der Waals surface area (Å²) < 4.78 is 41.7. The van der Waals surface area contributed by atoms with Crippen molar-refractivity contribution in [3.8, 4) is 0 Å². The second-order valence-electron chi connectivity index (χ2n) is 4.21. The standard InChI is InChI=1S/C12H24F3NO/c1-3-8-16-11(5-7-12(13,14)15)6-10-17-9-4-2/h11,16H,3-10H2,1-2H3. The molecule has 0 amide bonds. The van der Waals surface area contributed by atoms with Gasteiger partial charge in [0.05, 0.1) is 0 Å². The summed E-state index contributed by atoms with van der Waals surface area (Å²) >= 11 is 0. The fraction of sp³-hybridized carbons (Fsp3) is 1.00. The van der Waals surface area contributed by atoms with Crippen molar-refractivity contribution in [1.29, 1.82) is 0 Å². The molecular weight excluding hydrogens is 231 g/mol. The smallest absolute Gasteiger partial charge is 0.381 e. The lowest BCUT2D eigenvalue weighted by Crippen LogP contribution is -2.32. The Balaban J connectivity index is 3.79. The molecule has 0 fully saturated rings. The molecule has 0 aliphatic heterocycles. The van der Waals surface area contributed by atoms with Crippen LogP contribution < -0.4 is 5.32 Å². The van der Waals surface area contributed by atoms with Crippen LogP contribution in [0.2, 0.25) is 0 Å². The van der Waals surface area contributed by atoms with Crippen molar-refractivity contribution >= 4 is 0 Å². The normalized spacial score (nSPS) is 13.9. The van der Waals surface area contributed by atoms with Crippen molar-refractivity contribution in [2.45, 2.75) is 58.2 Å². The number of alkyl halides is 3. The van der Waals surface area contributed by atoms with E-state index in [1.165, 1.54) is 0 Å². The molecule has 5 heteroatoms. The molecule has 0 rings (SSSR count). The van der Waals surface area contributed by atoms with Crippen molar-refractivity contribution in [1.82, 2.24) is 5.32 Å². The van der Waals surface area contributed by atoms with E-state index in [2.05, 4.69) is 5.32 Å². The molecule has 0 aromatic rings. The van der Waals surface area contributed by atoms with Gasteiger partial charge in [0, 0.05) is 25.7 Å². The average molecular weight is 255 g/mol. The highest BCUT2D eigenvalue weighted by Crippen LogP contribution is 2.22. The maximum absolute atomic E-state index is 12.1. The quantitative estimate of drug-likeness (QED) is 0.603. The van der Waals surface area contributed by atoms with Crippen molar-refractivity contribution in [2.75, 3.05) is 19.8 Å². The maximum Gasteiger partial charge on any atom is 0.389 e. The van der Waals surface area contributed by atoms with Gasteiger partial charge < -0.3 is 10.1 Å². The zero-order chi connectivity index (χ0) is 13.1. The first-order valence-corrected chi connectivity index (χ1v) is 6.37. The second-order valence-corrected chi connectivity index (χ2v) is 4.21. The van der Waals surface area contributed by atoms with Gasteiger partial charge in [0.2, 0.25) is 0 Å². The van der Waals surface area contributed by atoms with Gasteiger partial charge in [-0.2, -0.15) is 13.2 Å². The first-order valence-electron chi connectivity index (χ1n) is 6.37. The van der Waals surface area contributed by atoms with E-state index < -0.39 is 12.6 Å². The Labute approximate surface area is 102 Å². The number of halogens is 3. The number of hydrogen-bond donors (Lipinski definition) is 1. The monoisotopic (exact) mass is 255 g/mol. The van der Waals surface area contributed by atoms with Crippen LogP contribution in [-0.2, 0) is 4.74 Å². The molecule has 0 spiro atoms. The van der Waals surface area contributed by atoms with E-state index in [0.29, 0.717) is 19.6 Å². The van der Waals surface area contributed by atoms with Crippen molar-refractivity contribution in [2.24, 2.45) is 0 Å². The van der Waals surface area contributed by atoms with Gasteiger partial charge in [0.25, 0.3) is 0 Å². The molecule has 1 unspecified atom stereocenters. The Morgan fingerprint density at radius 1 is 1.06 bits per heavy atom. The molecule has 0 aliphatic carbocycles. The minimum Gasteiger partial charge on any atom is -0.381 e. The van der Waals surface area contributed by atoms with E-state index in [0.717, 1.165) is 19.4 Å². The van der Waals surface area contributed by atoms with Gasteiger partial charge in [-0.3, -0.25) is 0 Å². The minimum atomic E-state index is -4.06. The summed E-state index contributed by atoms with van der Waals surface area (Å²) in [7, 11) is 0. The third-order valence-electron chi connectivity index (χ3n) is 2.42. The van der Waals surface area contributed by atoms with Gasteiger partial charge in [0.1, 0.15) is 0 Å². The Morgan fingerprint density at radius 2 is 1.76 bits per heavy atom. The predicted molar refractivity (Wildman–Crippen MR) is 63.1 cm³/mol. The van der Waals surface area contributed by atoms with Crippen LogP contribution in [0, 0.1) is 0 Å². The number of ether oxygens (including phenoxy) is 1. The molecule has 0 radical (unpaired) electrons. The molecule has 0 aromatic carbocycles. The van der Waals surface area contributed by atoms with E-state index in [-0.39, 0.29) is 12.5 Å². The van der Waals surface area contributed by atoms with Crippen LogP contribution in [-0.4, -0.2) is 32.0 Å². The topological polar surface area (TPSA) is 21.3 Å². The first kappa shape index (κ1) is 16.7. The molecule has 0 saturated carbocycles. The lowest BCUT2D eigenvalue weighted by atomic mass is 10.1. The summed E-state index contributed by atoms with van der Waals surface area (Å²) in [6, 6.07) is -0.0894. The van der Waals surface area contributed by atoms with Crippen LogP contribution in [0.25, 0.3) is 0 Å². The van der Waals surface area contributed by atoms with E-state index >= 15 is 0 Å². The SMILES string of the molecule is CCCNC(CCOCCC)CCC(F)(F)F. The molecular formula is C12H24F3NO. The lowest BCUT2D eigenvalue weighted by molar-refractivity contribution is -0.136. The van der Waals surface area contributed by atoms with Gasteiger partial charge in [-0.05, 0) is 32.2 Å². The summed E-state index contributed by atoms with van der Waals surface area (Å²) in [6.45, 7) is 5.99. The molecule has 0 aliphatic rings. The number of rotatable bonds is 10. The molecule has 0 aromatic heterocycles. The zero-order valence-electron chi connectivity index (χ0n) is 10.8. The molecule has 0 heterocycles. The van der Waals surface area contributed by atoms with Crippen molar-refractivity contribution < 1.29 is 17.9 Å². The van der Waals surface area contributed by atoms with Gasteiger partial charge in [0.15, 0.2) is 0 Å². The van der Waals surface area contributed by atoms with Crippen LogP contribution >= 0.6 is 0 Å². The minimum absolute atomic E-state index is 0.0894. The molecule has 2 nitrogen and oxygen atoms in total. The number of nitrogens with one attached hydrogen (secondary N) is 1. The predicted octanol–water partition coefficient (Wildman–Crippen LogP) is 3.51. The van der Waals surface area contributed by atoms with E-state index in [1.807, 2.05) is 13.8 Å². The van der Waals surface area contributed by atoms with Gasteiger partial charge >= 0.3 is 6.18 Å². The van der Waals surface area contributed by atoms with E-state index in [9.17, 15) is 13.2 Å². The average Bonchev–Trinajstić information content (AvgIpc) is 2.25. The van der Waals surface area contributed by atoms with E-state index in [4.69, 9.17) is 4.74 Å².